The minimum absolute atomic E-state index is 0.0302. The molecule has 0 radical (unpaired) electrons. The lowest BCUT2D eigenvalue weighted by molar-refractivity contribution is 0.102. The molecule has 1 fully saturated rings. The van der Waals surface area contributed by atoms with Crippen molar-refractivity contribution in [1.82, 2.24) is 19.6 Å². The van der Waals surface area contributed by atoms with Crippen molar-refractivity contribution in [3.8, 4) is 0 Å². The van der Waals surface area contributed by atoms with Crippen LogP contribution in [0, 0.1) is 5.82 Å². The van der Waals surface area contributed by atoms with E-state index in [0.717, 1.165) is 16.9 Å². The van der Waals surface area contributed by atoms with Crippen LogP contribution in [0.4, 0.5) is 21.6 Å². The molecule has 1 aliphatic rings. The summed E-state index contributed by atoms with van der Waals surface area (Å²) in [5.41, 5.74) is 7.14. The van der Waals surface area contributed by atoms with Gasteiger partial charge in [0.1, 0.15) is 5.56 Å². The van der Waals surface area contributed by atoms with Crippen LogP contribution in [0.3, 0.4) is 0 Å². The van der Waals surface area contributed by atoms with Crippen LogP contribution < -0.4 is 16.0 Å². The van der Waals surface area contributed by atoms with E-state index in [1.165, 1.54) is 6.20 Å². The highest BCUT2D eigenvalue weighted by molar-refractivity contribution is 8.24. The van der Waals surface area contributed by atoms with Crippen LogP contribution in [0.5, 0.6) is 0 Å². The largest absolute Gasteiger partial charge is 0.381 e. The Labute approximate surface area is 160 Å². The van der Waals surface area contributed by atoms with Crippen LogP contribution in [-0.2, 0) is 0 Å². The minimum atomic E-state index is -2.54. The number of amides is 1. The van der Waals surface area contributed by atoms with E-state index in [9.17, 15) is 18.3 Å². The maximum atomic E-state index is 13.3. The number of hydrogen-bond acceptors (Lipinski definition) is 8. The molecule has 1 aliphatic heterocycles. The van der Waals surface area contributed by atoms with Gasteiger partial charge in [0.15, 0.2) is 17.3 Å². The third-order valence-corrected chi connectivity index (χ3v) is 6.13. The predicted octanol–water partition coefficient (Wildman–Crippen LogP) is 1.67. The van der Waals surface area contributed by atoms with Crippen LogP contribution in [-0.4, -0.2) is 59.2 Å². The van der Waals surface area contributed by atoms with Crippen LogP contribution in [0.25, 0.3) is 5.65 Å². The molecule has 3 aromatic rings. The van der Waals surface area contributed by atoms with E-state index in [1.54, 1.807) is 12.3 Å². The number of anilines is 3. The number of carbonyl (C=O) groups excluding carboxylic acids is 1. The van der Waals surface area contributed by atoms with Crippen molar-refractivity contribution in [3.63, 3.8) is 0 Å². The van der Waals surface area contributed by atoms with Crippen molar-refractivity contribution in [2.75, 3.05) is 40.5 Å². The molecule has 0 aliphatic carbocycles. The Morgan fingerprint density at radius 3 is 2.79 bits per heavy atom. The lowest BCUT2D eigenvalue weighted by Gasteiger charge is -2.42. The van der Waals surface area contributed by atoms with Gasteiger partial charge in [-0.05, 0) is 6.07 Å². The number of pyridine rings is 1. The Bertz CT molecular complexity index is 1050. The van der Waals surface area contributed by atoms with Gasteiger partial charge in [-0.1, -0.05) is 0 Å². The van der Waals surface area contributed by atoms with E-state index < -0.39 is 22.3 Å². The molecule has 4 heterocycles. The number of aromatic nitrogens is 4. The first-order chi connectivity index (χ1) is 13.3. The van der Waals surface area contributed by atoms with E-state index in [2.05, 4.69) is 20.4 Å². The summed E-state index contributed by atoms with van der Waals surface area (Å²) in [6.45, 7) is 0.879. The summed E-state index contributed by atoms with van der Waals surface area (Å²) in [6, 6.07) is 1.74. The van der Waals surface area contributed by atoms with Gasteiger partial charge in [-0.25, -0.2) is 13.9 Å². The molecule has 0 unspecified atom stereocenters. The molecule has 0 saturated carbocycles. The number of nitrogens with zero attached hydrogens (tertiary/aromatic N) is 5. The van der Waals surface area contributed by atoms with Gasteiger partial charge in [-0.2, -0.15) is 10.6 Å². The summed E-state index contributed by atoms with van der Waals surface area (Å²) in [4.78, 5) is 22.7. The fraction of sp³-hybridized carbons (Fsp3) is 0.250. The highest BCUT2D eigenvalue weighted by atomic mass is 32.3. The van der Waals surface area contributed by atoms with Crippen LogP contribution >= 0.6 is 10.6 Å². The monoisotopic (exact) mass is 407 g/mol. The molecule has 0 bridgehead atoms. The number of nitrogen functional groups attached to an aromatic ring is 1. The maximum Gasteiger partial charge on any atom is 0.263 e. The highest BCUT2D eigenvalue weighted by Crippen LogP contribution is 2.42. The molecule has 28 heavy (non-hydrogen) atoms. The molecule has 4 rings (SSSR count). The van der Waals surface area contributed by atoms with Crippen LogP contribution in [0.15, 0.2) is 30.9 Å². The molecule has 1 amide bonds. The topological polar surface area (TPSA) is 142 Å². The number of fused-ring (bicyclic) bond motifs is 1. The Hall–Kier alpha value is -2.96. The number of hydrogen-bond donors (Lipinski definition) is 4. The van der Waals surface area contributed by atoms with Gasteiger partial charge >= 0.3 is 0 Å². The summed E-state index contributed by atoms with van der Waals surface area (Å²) >= 11 is 0. The fourth-order valence-corrected chi connectivity index (χ4v) is 4.29. The number of nitrogens with two attached hydrogens (primary N) is 1. The minimum Gasteiger partial charge on any atom is -0.381 e. The molecule has 0 spiro atoms. The Kier molecular flexibility index (Phi) is 4.53. The van der Waals surface area contributed by atoms with Gasteiger partial charge in [0.05, 0.1) is 41.5 Å². The zero-order valence-corrected chi connectivity index (χ0v) is 15.4. The Morgan fingerprint density at radius 1 is 1.29 bits per heavy atom. The van der Waals surface area contributed by atoms with Crippen molar-refractivity contribution < 1.29 is 18.3 Å². The zero-order valence-electron chi connectivity index (χ0n) is 14.6. The van der Waals surface area contributed by atoms with E-state index in [0.29, 0.717) is 24.5 Å². The number of nitrogens with one attached hydrogen (secondary N) is 1. The first-order valence-corrected chi connectivity index (χ1v) is 10.3. The second-order valence-electron chi connectivity index (χ2n) is 6.35. The lowest BCUT2D eigenvalue weighted by atomic mass is 10.2. The smallest absolute Gasteiger partial charge is 0.263 e. The predicted molar refractivity (Wildman–Crippen MR) is 104 cm³/mol. The second kappa shape index (κ2) is 6.89. The molecule has 12 heteroatoms. The normalized spacial score (nSPS) is 17.5. The van der Waals surface area contributed by atoms with E-state index in [1.807, 2.05) is 4.90 Å². The van der Waals surface area contributed by atoms with Crippen LogP contribution in [0.2, 0.25) is 0 Å². The average Bonchev–Trinajstić information content (AvgIpc) is 2.97. The van der Waals surface area contributed by atoms with Crippen LogP contribution in [0.1, 0.15) is 10.4 Å². The summed E-state index contributed by atoms with van der Waals surface area (Å²) in [5, 5.41) is 6.67. The maximum absolute atomic E-state index is 13.3. The van der Waals surface area contributed by atoms with Crippen molar-refractivity contribution in [1.29, 1.82) is 0 Å². The molecule has 10 nitrogen and oxygen atoms in total. The highest BCUT2D eigenvalue weighted by Gasteiger charge is 2.25. The first kappa shape index (κ1) is 18.4. The summed E-state index contributed by atoms with van der Waals surface area (Å²) in [7, 11) is -2.54. The van der Waals surface area contributed by atoms with Crippen molar-refractivity contribution in [3.05, 3.63) is 42.2 Å². The molecule has 0 aromatic carbocycles. The van der Waals surface area contributed by atoms with Gasteiger partial charge in [0.2, 0.25) is 0 Å². The van der Waals surface area contributed by atoms with Crippen molar-refractivity contribution in [2.45, 2.75) is 0 Å². The quantitative estimate of drug-likeness (QED) is 0.514. The summed E-state index contributed by atoms with van der Waals surface area (Å²) in [6.07, 6.45) is 5.15. The summed E-state index contributed by atoms with van der Waals surface area (Å²) in [5.74, 6) is -0.707. The molecule has 5 N–H and O–H groups in total. The van der Waals surface area contributed by atoms with Gasteiger partial charge in [-0.3, -0.25) is 18.9 Å². The number of carbonyl (C=O) groups is 1. The molecule has 1 saturated heterocycles. The third-order valence-electron chi connectivity index (χ3n) is 4.46. The first-order valence-electron chi connectivity index (χ1n) is 8.37. The molecule has 148 valence electrons. The average molecular weight is 407 g/mol. The van der Waals surface area contributed by atoms with Gasteiger partial charge in [0, 0.05) is 19.3 Å². The van der Waals surface area contributed by atoms with Gasteiger partial charge in [0.25, 0.3) is 5.91 Å². The van der Waals surface area contributed by atoms with Gasteiger partial charge in [-0.15, -0.1) is 5.10 Å². The van der Waals surface area contributed by atoms with E-state index in [-0.39, 0.29) is 28.5 Å². The Morgan fingerprint density at radius 2 is 2.04 bits per heavy atom. The van der Waals surface area contributed by atoms with Crippen molar-refractivity contribution >= 4 is 39.3 Å². The zero-order chi connectivity index (χ0) is 19.9. The molecule has 0 atom stereocenters. The number of rotatable bonds is 3. The van der Waals surface area contributed by atoms with E-state index in [4.69, 9.17) is 5.73 Å². The lowest BCUT2D eigenvalue weighted by Crippen LogP contribution is -2.38. The summed E-state index contributed by atoms with van der Waals surface area (Å²) < 4.78 is 34.0. The van der Waals surface area contributed by atoms with E-state index >= 15 is 0 Å². The second-order valence-corrected chi connectivity index (χ2v) is 8.77. The standard InChI is InChI=1S/C16H18FN7O3S/c17-10-7-20-15-13(14(18)22-24(15)9-10)16(25)21-11-8-19-2-1-12(11)23-3-5-28(26,27)6-4-23/h1-2,7-9,26-27H,3-6H2,(H2,18,22)(H,21,25). The SMILES string of the molecule is Nc1nn2cc(F)cnc2c1C(=O)Nc1cnccc1N1CCS(O)(O)CC1. The molecular weight excluding hydrogens is 389 g/mol. The van der Waals surface area contributed by atoms with Gasteiger partial charge < -0.3 is 16.0 Å². The fourth-order valence-electron chi connectivity index (χ4n) is 3.06. The van der Waals surface area contributed by atoms with Crippen molar-refractivity contribution in [2.24, 2.45) is 0 Å². The molecular formula is C16H18FN7O3S. The Balaban J connectivity index is 1.62. The number of halogens is 1. The molecule has 3 aromatic heterocycles. The third kappa shape index (κ3) is 3.44.